The van der Waals surface area contributed by atoms with Gasteiger partial charge in [0.25, 0.3) is 5.91 Å². The van der Waals surface area contributed by atoms with E-state index < -0.39 is 0 Å². The van der Waals surface area contributed by atoms with Crippen molar-refractivity contribution in [3.8, 4) is 5.75 Å². The number of phenolic OH excluding ortho intramolecular Hbond substituents is 1. The van der Waals surface area contributed by atoms with Gasteiger partial charge in [-0.05, 0) is 43.2 Å². The molecule has 3 unspecified atom stereocenters. The molecule has 1 aliphatic carbocycles. The average Bonchev–Trinajstić information content (AvgIpc) is 2.36. The minimum Gasteiger partial charge on any atom is -0.505 e. The standard InChI is InChI=1S/C15H22N2O2/c1-9-6-7-13(10(2)8-9)17-15(19)11-4-3-5-12(16)14(11)18/h3-5,9-10,13,18H,6-8,16H2,1-2H3,(H,17,19). The molecule has 104 valence electrons. The van der Waals surface area contributed by atoms with E-state index in [0.29, 0.717) is 5.92 Å². The molecule has 0 radical (unpaired) electrons. The van der Waals surface area contributed by atoms with Crippen molar-refractivity contribution in [3.63, 3.8) is 0 Å². The van der Waals surface area contributed by atoms with Crippen LogP contribution in [0.2, 0.25) is 0 Å². The minimum atomic E-state index is -0.240. The Morgan fingerprint density at radius 1 is 1.37 bits per heavy atom. The van der Waals surface area contributed by atoms with E-state index in [1.165, 1.54) is 0 Å². The molecule has 2 rings (SSSR count). The number of nitrogens with two attached hydrogens (primary N) is 1. The Bertz CT molecular complexity index is 473. The van der Waals surface area contributed by atoms with Gasteiger partial charge in [-0.15, -0.1) is 0 Å². The van der Waals surface area contributed by atoms with Crippen molar-refractivity contribution < 1.29 is 9.90 Å². The third kappa shape index (κ3) is 3.00. The number of hydrogen-bond donors (Lipinski definition) is 3. The lowest BCUT2D eigenvalue weighted by molar-refractivity contribution is 0.0897. The maximum Gasteiger partial charge on any atom is 0.255 e. The van der Waals surface area contributed by atoms with Crippen LogP contribution in [0.5, 0.6) is 5.75 Å². The summed E-state index contributed by atoms with van der Waals surface area (Å²) in [5.74, 6) is 0.827. The van der Waals surface area contributed by atoms with Gasteiger partial charge in [0.2, 0.25) is 0 Å². The SMILES string of the molecule is CC1CCC(NC(=O)c2cccc(N)c2O)C(C)C1. The molecule has 0 aliphatic heterocycles. The van der Waals surface area contributed by atoms with Crippen LogP contribution in [0.1, 0.15) is 43.5 Å². The minimum absolute atomic E-state index is 0.128. The zero-order valence-electron chi connectivity index (χ0n) is 11.5. The predicted octanol–water partition coefficient (Wildman–Crippen LogP) is 2.53. The van der Waals surface area contributed by atoms with Crippen LogP contribution in [0.4, 0.5) is 5.69 Å². The first-order valence-electron chi connectivity index (χ1n) is 6.87. The number of amides is 1. The first-order valence-corrected chi connectivity index (χ1v) is 6.87. The van der Waals surface area contributed by atoms with Crippen molar-refractivity contribution in [2.75, 3.05) is 5.73 Å². The van der Waals surface area contributed by atoms with E-state index in [0.717, 1.165) is 25.2 Å². The topological polar surface area (TPSA) is 75.4 Å². The Morgan fingerprint density at radius 3 is 2.79 bits per heavy atom. The quantitative estimate of drug-likeness (QED) is 0.566. The highest BCUT2D eigenvalue weighted by Gasteiger charge is 2.27. The Kier molecular flexibility index (Phi) is 3.98. The maximum atomic E-state index is 12.2. The van der Waals surface area contributed by atoms with Gasteiger partial charge in [-0.1, -0.05) is 19.9 Å². The van der Waals surface area contributed by atoms with Crippen LogP contribution < -0.4 is 11.1 Å². The first-order chi connectivity index (χ1) is 8.99. The van der Waals surface area contributed by atoms with Gasteiger partial charge in [0.05, 0.1) is 11.3 Å². The van der Waals surface area contributed by atoms with Gasteiger partial charge >= 0.3 is 0 Å². The van der Waals surface area contributed by atoms with Crippen molar-refractivity contribution in [3.05, 3.63) is 23.8 Å². The Labute approximate surface area is 114 Å². The molecular weight excluding hydrogens is 240 g/mol. The molecule has 1 aliphatic rings. The number of para-hydroxylation sites is 1. The van der Waals surface area contributed by atoms with Crippen molar-refractivity contribution in [2.24, 2.45) is 11.8 Å². The maximum absolute atomic E-state index is 12.2. The highest BCUT2D eigenvalue weighted by molar-refractivity contribution is 5.98. The second kappa shape index (κ2) is 5.51. The number of rotatable bonds is 2. The first kappa shape index (κ1) is 13.7. The summed E-state index contributed by atoms with van der Waals surface area (Å²) in [5, 5.41) is 12.8. The van der Waals surface area contributed by atoms with E-state index in [2.05, 4.69) is 19.2 Å². The van der Waals surface area contributed by atoms with Crippen LogP contribution in [0.15, 0.2) is 18.2 Å². The summed E-state index contributed by atoms with van der Waals surface area (Å²) < 4.78 is 0. The molecule has 4 nitrogen and oxygen atoms in total. The van der Waals surface area contributed by atoms with Gasteiger partial charge in [0, 0.05) is 6.04 Å². The van der Waals surface area contributed by atoms with Crippen LogP contribution in [0, 0.1) is 11.8 Å². The van der Waals surface area contributed by atoms with Crippen molar-refractivity contribution in [2.45, 2.75) is 39.2 Å². The van der Waals surface area contributed by atoms with Crippen molar-refractivity contribution in [1.82, 2.24) is 5.32 Å². The highest BCUT2D eigenvalue weighted by atomic mass is 16.3. The van der Waals surface area contributed by atoms with E-state index in [-0.39, 0.29) is 28.9 Å². The smallest absolute Gasteiger partial charge is 0.255 e. The van der Waals surface area contributed by atoms with Crippen LogP contribution in [-0.4, -0.2) is 17.1 Å². The van der Waals surface area contributed by atoms with E-state index >= 15 is 0 Å². The molecule has 0 heterocycles. The van der Waals surface area contributed by atoms with Gasteiger partial charge in [0.1, 0.15) is 0 Å². The summed E-state index contributed by atoms with van der Waals surface area (Å²) >= 11 is 0. The molecule has 1 aromatic carbocycles. The zero-order chi connectivity index (χ0) is 14.0. The molecular formula is C15H22N2O2. The number of nitrogens with one attached hydrogen (secondary N) is 1. The number of benzene rings is 1. The van der Waals surface area contributed by atoms with E-state index in [1.54, 1.807) is 18.2 Å². The lowest BCUT2D eigenvalue weighted by atomic mass is 9.80. The number of anilines is 1. The molecule has 0 saturated heterocycles. The molecule has 0 spiro atoms. The number of carbonyl (C=O) groups is 1. The van der Waals surface area contributed by atoms with Crippen molar-refractivity contribution in [1.29, 1.82) is 0 Å². The van der Waals surface area contributed by atoms with Crippen LogP contribution in [-0.2, 0) is 0 Å². The van der Waals surface area contributed by atoms with E-state index in [4.69, 9.17) is 5.73 Å². The fourth-order valence-electron chi connectivity index (χ4n) is 2.87. The van der Waals surface area contributed by atoms with Gasteiger partial charge in [0.15, 0.2) is 5.75 Å². The van der Waals surface area contributed by atoms with Crippen LogP contribution in [0.25, 0.3) is 0 Å². The lowest BCUT2D eigenvalue weighted by Crippen LogP contribution is -2.42. The summed E-state index contributed by atoms with van der Waals surface area (Å²) in [6, 6.07) is 5.04. The van der Waals surface area contributed by atoms with Gasteiger partial charge in [-0.2, -0.15) is 0 Å². The molecule has 4 heteroatoms. The predicted molar refractivity (Wildman–Crippen MR) is 76.0 cm³/mol. The summed E-state index contributed by atoms with van der Waals surface area (Å²) in [7, 11) is 0. The molecule has 1 amide bonds. The summed E-state index contributed by atoms with van der Waals surface area (Å²) in [5.41, 5.74) is 6.10. The average molecular weight is 262 g/mol. The third-order valence-electron chi connectivity index (χ3n) is 4.06. The zero-order valence-corrected chi connectivity index (χ0v) is 11.5. The van der Waals surface area contributed by atoms with Crippen LogP contribution >= 0.6 is 0 Å². The van der Waals surface area contributed by atoms with Gasteiger partial charge in [-0.3, -0.25) is 4.79 Å². The number of nitrogen functional groups attached to an aromatic ring is 1. The van der Waals surface area contributed by atoms with Gasteiger partial charge < -0.3 is 16.2 Å². The summed E-state index contributed by atoms with van der Waals surface area (Å²) in [4.78, 5) is 12.2. The fourth-order valence-corrected chi connectivity index (χ4v) is 2.87. The second-order valence-electron chi connectivity index (χ2n) is 5.72. The Morgan fingerprint density at radius 2 is 2.11 bits per heavy atom. The largest absolute Gasteiger partial charge is 0.505 e. The number of hydrogen-bond acceptors (Lipinski definition) is 3. The lowest BCUT2D eigenvalue weighted by Gasteiger charge is -2.33. The molecule has 1 saturated carbocycles. The van der Waals surface area contributed by atoms with Crippen LogP contribution in [0.3, 0.4) is 0 Å². The molecule has 4 N–H and O–H groups in total. The number of phenols is 1. The Balaban J connectivity index is 2.07. The van der Waals surface area contributed by atoms with E-state index in [9.17, 15) is 9.90 Å². The van der Waals surface area contributed by atoms with Gasteiger partial charge in [-0.25, -0.2) is 0 Å². The summed E-state index contributed by atoms with van der Waals surface area (Å²) in [6.07, 6.45) is 3.27. The monoisotopic (exact) mass is 262 g/mol. The molecule has 1 fully saturated rings. The molecule has 19 heavy (non-hydrogen) atoms. The normalized spacial score (nSPS) is 26.9. The highest BCUT2D eigenvalue weighted by Crippen LogP contribution is 2.30. The molecule has 0 aromatic heterocycles. The number of carbonyl (C=O) groups excluding carboxylic acids is 1. The molecule has 1 aromatic rings. The fraction of sp³-hybridized carbons (Fsp3) is 0.533. The van der Waals surface area contributed by atoms with Crippen molar-refractivity contribution >= 4 is 11.6 Å². The molecule has 0 bridgehead atoms. The number of aromatic hydroxyl groups is 1. The third-order valence-corrected chi connectivity index (χ3v) is 4.06. The van der Waals surface area contributed by atoms with E-state index in [1.807, 2.05) is 0 Å². The summed E-state index contributed by atoms with van der Waals surface area (Å²) in [6.45, 7) is 4.41. The Hall–Kier alpha value is -1.71. The second-order valence-corrected chi connectivity index (χ2v) is 5.72. The molecule has 3 atom stereocenters.